The maximum absolute atomic E-state index is 3.86. The molecule has 2 heteroatoms. The third-order valence-electron chi connectivity index (χ3n) is 0.800. The van der Waals surface area contributed by atoms with Crippen molar-refractivity contribution in [3.05, 3.63) is 22.4 Å². The average Bonchev–Trinajstić information content (AvgIpc) is 2.19. The summed E-state index contributed by atoms with van der Waals surface area (Å²) in [6, 6.07) is 4.05. The maximum atomic E-state index is 3.86. The van der Waals surface area contributed by atoms with Crippen LogP contribution in [0.5, 0.6) is 0 Å². The van der Waals surface area contributed by atoms with E-state index in [4.69, 9.17) is 0 Å². The maximum Gasteiger partial charge on any atom is 0.0448 e. The van der Waals surface area contributed by atoms with Gasteiger partial charge in [0, 0.05) is 18.1 Å². The Balaban J connectivity index is 2.77. The van der Waals surface area contributed by atoms with Crippen molar-refractivity contribution in [1.82, 2.24) is 0 Å². The molecule has 1 aromatic rings. The summed E-state index contributed by atoms with van der Waals surface area (Å²) >= 11 is 1.70. The van der Waals surface area contributed by atoms with E-state index in [1.807, 2.05) is 23.7 Å². The summed E-state index contributed by atoms with van der Waals surface area (Å²) in [4.78, 5) is 5.08. The van der Waals surface area contributed by atoms with Gasteiger partial charge in [-0.2, -0.15) is 0 Å². The topological polar surface area (TPSA) is 12.4 Å². The van der Waals surface area contributed by atoms with E-state index in [1.54, 1.807) is 18.4 Å². The minimum Gasteiger partial charge on any atom is -0.295 e. The second-order valence-corrected chi connectivity index (χ2v) is 2.38. The summed E-state index contributed by atoms with van der Waals surface area (Å²) in [5, 5.41) is 2.04. The van der Waals surface area contributed by atoms with Crippen LogP contribution in [-0.2, 0) is 0 Å². The van der Waals surface area contributed by atoms with Gasteiger partial charge in [-0.3, -0.25) is 4.99 Å². The summed E-state index contributed by atoms with van der Waals surface area (Å²) in [7, 11) is 1.78. The smallest absolute Gasteiger partial charge is 0.0448 e. The van der Waals surface area contributed by atoms with Crippen LogP contribution in [-0.4, -0.2) is 13.3 Å². The van der Waals surface area contributed by atoms with Crippen LogP contribution in [0.25, 0.3) is 0 Å². The van der Waals surface area contributed by atoms with Crippen LogP contribution >= 0.6 is 11.3 Å². The lowest BCUT2D eigenvalue weighted by Gasteiger charge is -1.74. The molecule has 0 aliphatic rings. The van der Waals surface area contributed by atoms with E-state index in [2.05, 4.69) is 4.99 Å². The van der Waals surface area contributed by atoms with Gasteiger partial charge in [0.15, 0.2) is 0 Å². The Morgan fingerprint density at radius 2 is 2.62 bits per heavy atom. The van der Waals surface area contributed by atoms with Crippen LogP contribution in [0.2, 0.25) is 0 Å². The van der Waals surface area contributed by atoms with E-state index in [1.165, 1.54) is 4.88 Å². The van der Waals surface area contributed by atoms with Crippen LogP contribution in [0.1, 0.15) is 4.88 Å². The zero-order valence-corrected chi connectivity index (χ0v) is 5.48. The first-order valence-corrected chi connectivity index (χ1v) is 3.27. The third kappa shape index (κ3) is 1.17. The van der Waals surface area contributed by atoms with Crippen molar-refractivity contribution in [1.29, 1.82) is 0 Å². The predicted molar refractivity (Wildman–Crippen MR) is 37.8 cm³/mol. The molecule has 0 saturated heterocycles. The van der Waals surface area contributed by atoms with Gasteiger partial charge in [0.25, 0.3) is 0 Å². The molecule has 42 valence electrons. The van der Waals surface area contributed by atoms with Crippen molar-refractivity contribution in [2.24, 2.45) is 4.99 Å². The van der Waals surface area contributed by atoms with Crippen LogP contribution < -0.4 is 0 Å². The Bertz CT molecular complexity index is 165. The molecule has 0 aliphatic heterocycles. The molecule has 1 aromatic heterocycles. The van der Waals surface area contributed by atoms with Crippen LogP contribution in [0.15, 0.2) is 22.5 Å². The molecular formula is C6H7NS. The summed E-state index contributed by atoms with van der Waals surface area (Å²) in [5.41, 5.74) is 0. The standard InChI is InChI=1S/C6H7NS/c1-7-5-6-3-2-4-8-6/h2-5H,1H3/b7-5-. The highest BCUT2D eigenvalue weighted by atomic mass is 32.1. The number of hydrogen-bond acceptors (Lipinski definition) is 2. The molecule has 1 rings (SSSR count). The first-order valence-electron chi connectivity index (χ1n) is 2.39. The molecule has 0 aromatic carbocycles. The van der Waals surface area contributed by atoms with E-state index < -0.39 is 0 Å². The summed E-state index contributed by atoms with van der Waals surface area (Å²) in [5.74, 6) is 0. The number of hydrogen-bond donors (Lipinski definition) is 0. The summed E-state index contributed by atoms with van der Waals surface area (Å²) in [6.45, 7) is 0. The van der Waals surface area contributed by atoms with Gasteiger partial charge >= 0.3 is 0 Å². The van der Waals surface area contributed by atoms with Gasteiger partial charge in [-0.05, 0) is 11.4 Å². The van der Waals surface area contributed by atoms with Crippen molar-refractivity contribution in [2.75, 3.05) is 7.05 Å². The predicted octanol–water partition coefficient (Wildman–Crippen LogP) is 1.80. The second kappa shape index (κ2) is 2.62. The Morgan fingerprint density at radius 1 is 1.75 bits per heavy atom. The lowest BCUT2D eigenvalue weighted by atomic mass is 10.5. The number of thiophene rings is 1. The fourth-order valence-corrected chi connectivity index (χ4v) is 1.13. The van der Waals surface area contributed by atoms with Crippen molar-refractivity contribution in [3.63, 3.8) is 0 Å². The first-order chi connectivity index (χ1) is 3.93. The van der Waals surface area contributed by atoms with Crippen molar-refractivity contribution < 1.29 is 0 Å². The Hall–Kier alpha value is -0.630. The van der Waals surface area contributed by atoms with E-state index >= 15 is 0 Å². The Morgan fingerprint density at radius 3 is 3.12 bits per heavy atom. The van der Waals surface area contributed by atoms with Crippen LogP contribution in [0.3, 0.4) is 0 Å². The molecule has 0 bridgehead atoms. The van der Waals surface area contributed by atoms with Gasteiger partial charge in [-0.15, -0.1) is 11.3 Å². The highest BCUT2D eigenvalue weighted by molar-refractivity contribution is 7.11. The fraction of sp³-hybridized carbons (Fsp3) is 0.167. The zero-order chi connectivity index (χ0) is 5.82. The minimum absolute atomic E-state index is 1.22. The van der Waals surface area contributed by atoms with Crippen molar-refractivity contribution >= 4 is 17.6 Å². The molecule has 8 heavy (non-hydrogen) atoms. The fourth-order valence-electron chi connectivity index (χ4n) is 0.492. The summed E-state index contributed by atoms with van der Waals surface area (Å²) in [6.07, 6.45) is 1.85. The highest BCUT2D eigenvalue weighted by Gasteiger charge is 1.81. The van der Waals surface area contributed by atoms with E-state index in [0.29, 0.717) is 0 Å². The minimum atomic E-state index is 1.22. The molecule has 0 fully saturated rings. The first kappa shape index (κ1) is 5.51. The zero-order valence-electron chi connectivity index (χ0n) is 4.66. The molecule has 0 unspecified atom stereocenters. The van der Waals surface area contributed by atoms with E-state index in [-0.39, 0.29) is 0 Å². The summed E-state index contributed by atoms with van der Waals surface area (Å²) < 4.78 is 0. The van der Waals surface area contributed by atoms with Crippen molar-refractivity contribution in [3.8, 4) is 0 Å². The number of rotatable bonds is 1. The number of aliphatic imine (C=N–C) groups is 1. The number of nitrogens with zero attached hydrogens (tertiary/aromatic N) is 1. The Labute approximate surface area is 52.7 Å². The molecule has 0 N–H and O–H groups in total. The average molecular weight is 125 g/mol. The third-order valence-corrected chi connectivity index (χ3v) is 1.61. The van der Waals surface area contributed by atoms with Gasteiger partial charge in [0.2, 0.25) is 0 Å². The second-order valence-electron chi connectivity index (χ2n) is 1.40. The molecule has 0 atom stereocenters. The normalized spacial score (nSPS) is 10.6. The largest absolute Gasteiger partial charge is 0.295 e. The van der Waals surface area contributed by atoms with Gasteiger partial charge in [-0.25, -0.2) is 0 Å². The molecular weight excluding hydrogens is 118 g/mol. The molecule has 0 aliphatic carbocycles. The van der Waals surface area contributed by atoms with Gasteiger partial charge in [0.1, 0.15) is 0 Å². The SMILES string of the molecule is C/N=C\c1cccs1. The van der Waals surface area contributed by atoms with E-state index in [0.717, 1.165) is 0 Å². The lowest BCUT2D eigenvalue weighted by Crippen LogP contribution is -1.66. The molecule has 0 amide bonds. The quantitative estimate of drug-likeness (QED) is 0.507. The monoisotopic (exact) mass is 125 g/mol. The van der Waals surface area contributed by atoms with E-state index in [9.17, 15) is 0 Å². The lowest BCUT2D eigenvalue weighted by molar-refractivity contribution is 1.47. The van der Waals surface area contributed by atoms with Crippen LogP contribution in [0, 0.1) is 0 Å². The molecule has 1 nitrogen and oxygen atoms in total. The van der Waals surface area contributed by atoms with Gasteiger partial charge in [-0.1, -0.05) is 6.07 Å². The van der Waals surface area contributed by atoms with Gasteiger partial charge < -0.3 is 0 Å². The molecule has 0 radical (unpaired) electrons. The molecule has 1 heterocycles. The Kier molecular flexibility index (Phi) is 1.80. The highest BCUT2D eigenvalue weighted by Crippen LogP contribution is 2.03. The molecule has 0 spiro atoms. The molecule has 0 saturated carbocycles. The van der Waals surface area contributed by atoms with Gasteiger partial charge in [0.05, 0.1) is 0 Å². The van der Waals surface area contributed by atoms with Crippen LogP contribution in [0.4, 0.5) is 0 Å². The van der Waals surface area contributed by atoms with Crippen molar-refractivity contribution in [2.45, 2.75) is 0 Å².